The zero-order valence-corrected chi connectivity index (χ0v) is 11.1. The molecular formula is C15H17ClN2. The maximum absolute atomic E-state index is 5.91. The molecule has 2 aromatic carbocycles. The first-order chi connectivity index (χ1) is 8.76. The van der Waals surface area contributed by atoms with Gasteiger partial charge in [0.2, 0.25) is 0 Å². The van der Waals surface area contributed by atoms with Crippen molar-refractivity contribution in [2.24, 2.45) is 5.84 Å². The zero-order valence-electron chi connectivity index (χ0n) is 10.4. The van der Waals surface area contributed by atoms with Gasteiger partial charge in [-0.3, -0.25) is 5.84 Å². The van der Waals surface area contributed by atoms with Gasteiger partial charge >= 0.3 is 0 Å². The van der Waals surface area contributed by atoms with Crippen LogP contribution in [0.2, 0.25) is 5.02 Å². The molecule has 0 aliphatic carbocycles. The fourth-order valence-corrected chi connectivity index (χ4v) is 2.28. The standard InChI is InChI=1S/C15H17ClN2/c1-2-11-5-3-4-6-14(11)15(18-17)12-7-9-13(16)10-8-12/h3-10,15,18H,2,17H2,1H3. The Kier molecular flexibility index (Phi) is 4.37. The van der Waals surface area contributed by atoms with E-state index in [1.807, 2.05) is 30.3 Å². The normalized spacial score (nSPS) is 12.4. The van der Waals surface area contributed by atoms with Crippen LogP contribution in [0.4, 0.5) is 0 Å². The summed E-state index contributed by atoms with van der Waals surface area (Å²) >= 11 is 5.91. The van der Waals surface area contributed by atoms with Gasteiger partial charge in [0.05, 0.1) is 6.04 Å². The second-order valence-corrected chi connectivity index (χ2v) is 4.64. The summed E-state index contributed by atoms with van der Waals surface area (Å²) in [5.74, 6) is 5.72. The summed E-state index contributed by atoms with van der Waals surface area (Å²) in [5.41, 5.74) is 6.51. The van der Waals surface area contributed by atoms with Crippen molar-refractivity contribution in [2.75, 3.05) is 0 Å². The van der Waals surface area contributed by atoms with Crippen molar-refractivity contribution >= 4 is 11.6 Å². The van der Waals surface area contributed by atoms with Crippen LogP contribution in [0.1, 0.15) is 29.7 Å². The van der Waals surface area contributed by atoms with Gasteiger partial charge in [-0.15, -0.1) is 0 Å². The lowest BCUT2D eigenvalue weighted by Crippen LogP contribution is -2.29. The van der Waals surface area contributed by atoms with Crippen LogP contribution in [0, 0.1) is 0 Å². The molecule has 1 atom stereocenters. The molecule has 0 saturated heterocycles. The minimum absolute atomic E-state index is 0.00147. The second kappa shape index (κ2) is 6.01. The predicted octanol–water partition coefficient (Wildman–Crippen LogP) is 3.46. The Hall–Kier alpha value is -1.35. The number of halogens is 1. The molecule has 2 rings (SSSR count). The van der Waals surface area contributed by atoms with Crippen LogP contribution in [0.3, 0.4) is 0 Å². The minimum atomic E-state index is -0.00147. The van der Waals surface area contributed by atoms with Crippen LogP contribution in [0.25, 0.3) is 0 Å². The number of hydrazine groups is 1. The summed E-state index contributed by atoms with van der Waals surface area (Å²) in [6.07, 6.45) is 0.988. The molecule has 0 aliphatic heterocycles. The maximum atomic E-state index is 5.91. The van der Waals surface area contributed by atoms with Crippen molar-refractivity contribution in [3.8, 4) is 0 Å². The predicted molar refractivity (Wildman–Crippen MR) is 76.4 cm³/mol. The number of hydrogen-bond acceptors (Lipinski definition) is 2. The third-order valence-electron chi connectivity index (χ3n) is 3.12. The van der Waals surface area contributed by atoms with Gasteiger partial charge in [0, 0.05) is 5.02 Å². The molecule has 0 heterocycles. The average molecular weight is 261 g/mol. The molecule has 0 aliphatic rings. The van der Waals surface area contributed by atoms with Gasteiger partial charge < -0.3 is 0 Å². The van der Waals surface area contributed by atoms with E-state index in [0.29, 0.717) is 0 Å². The maximum Gasteiger partial charge on any atom is 0.0712 e. The fraction of sp³-hybridized carbons (Fsp3) is 0.200. The van der Waals surface area contributed by atoms with Crippen LogP contribution in [0.5, 0.6) is 0 Å². The SMILES string of the molecule is CCc1ccccc1C(NN)c1ccc(Cl)cc1. The molecule has 0 aromatic heterocycles. The van der Waals surface area contributed by atoms with Gasteiger partial charge in [-0.05, 0) is 35.2 Å². The highest BCUT2D eigenvalue weighted by Gasteiger charge is 2.14. The first-order valence-electron chi connectivity index (χ1n) is 6.05. The topological polar surface area (TPSA) is 38.0 Å². The van der Waals surface area contributed by atoms with Crippen molar-refractivity contribution in [2.45, 2.75) is 19.4 Å². The van der Waals surface area contributed by atoms with Gasteiger partial charge in [0.25, 0.3) is 0 Å². The van der Waals surface area contributed by atoms with Gasteiger partial charge in [-0.1, -0.05) is 54.9 Å². The molecule has 0 radical (unpaired) electrons. The summed E-state index contributed by atoms with van der Waals surface area (Å²) in [6, 6.07) is 16.1. The Morgan fingerprint density at radius 2 is 1.78 bits per heavy atom. The number of nitrogens with two attached hydrogens (primary N) is 1. The van der Waals surface area contributed by atoms with Crippen molar-refractivity contribution in [3.63, 3.8) is 0 Å². The Bertz CT molecular complexity index is 508. The lowest BCUT2D eigenvalue weighted by molar-refractivity contribution is 0.631. The van der Waals surface area contributed by atoms with Gasteiger partial charge in [0.15, 0.2) is 0 Å². The summed E-state index contributed by atoms with van der Waals surface area (Å²) in [7, 11) is 0. The number of nitrogens with one attached hydrogen (secondary N) is 1. The van der Waals surface area contributed by atoms with Crippen LogP contribution >= 0.6 is 11.6 Å². The molecule has 0 spiro atoms. The molecule has 3 N–H and O–H groups in total. The lowest BCUT2D eigenvalue weighted by Gasteiger charge is -2.20. The summed E-state index contributed by atoms with van der Waals surface area (Å²) < 4.78 is 0. The molecule has 94 valence electrons. The van der Waals surface area contributed by atoms with Crippen LogP contribution in [-0.2, 0) is 6.42 Å². The van der Waals surface area contributed by atoms with E-state index in [0.717, 1.165) is 17.0 Å². The first-order valence-corrected chi connectivity index (χ1v) is 6.43. The molecule has 0 fully saturated rings. The highest BCUT2D eigenvalue weighted by Crippen LogP contribution is 2.25. The van der Waals surface area contributed by atoms with Gasteiger partial charge in [0.1, 0.15) is 0 Å². The van der Waals surface area contributed by atoms with Crippen molar-refractivity contribution in [3.05, 3.63) is 70.2 Å². The largest absolute Gasteiger partial charge is 0.271 e. The molecule has 18 heavy (non-hydrogen) atoms. The monoisotopic (exact) mass is 260 g/mol. The van der Waals surface area contributed by atoms with Gasteiger partial charge in [-0.2, -0.15) is 0 Å². The van der Waals surface area contributed by atoms with E-state index in [1.165, 1.54) is 11.1 Å². The molecule has 0 bridgehead atoms. The fourth-order valence-electron chi connectivity index (χ4n) is 2.16. The molecule has 1 unspecified atom stereocenters. The van der Waals surface area contributed by atoms with E-state index in [9.17, 15) is 0 Å². The van der Waals surface area contributed by atoms with E-state index < -0.39 is 0 Å². The second-order valence-electron chi connectivity index (χ2n) is 4.20. The molecule has 0 saturated carbocycles. The van der Waals surface area contributed by atoms with E-state index in [4.69, 9.17) is 17.4 Å². The molecule has 3 heteroatoms. The highest BCUT2D eigenvalue weighted by atomic mass is 35.5. The summed E-state index contributed by atoms with van der Waals surface area (Å²) in [4.78, 5) is 0. The Morgan fingerprint density at radius 1 is 1.11 bits per heavy atom. The van der Waals surface area contributed by atoms with Crippen LogP contribution < -0.4 is 11.3 Å². The number of hydrogen-bond donors (Lipinski definition) is 2. The third-order valence-corrected chi connectivity index (χ3v) is 3.37. The van der Waals surface area contributed by atoms with E-state index in [1.54, 1.807) is 0 Å². The Morgan fingerprint density at radius 3 is 2.39 bits per heavy atom. The highest BCUT2D eigenvalue weighted by molar-refractivity contribution is 6.30. The number of aryl methyl sites for hydroxylation is 1. The van der Waals surface area contributed by atoms with E-state index >= 15 is 0 Å². The zero-order chi connectivity index (χ0) is 13.0. The lowest BCUT2D eigenvalue weighted by atomic mass is 9.94. The van der Waals surface area contributed by atoms with Crippen molar-refractivity contribution in [1.29, 1.82) is 0 Å². The molecular weight excluding hydrogens is 244 g/mol. The third kappa shape index (κ3) is 2.72. The first kappa shape index (κ1) is 13.1. The quantitative estimate of drug-likeness (QED) is 0.653. The van der Waals surface area contributed by atoms with E-state index in [2.05, 4.69) is 30.5 Å². The van der Waals surface area contributed by atoms with E-state index in [-0.39, 0.29) is 6.04 Å². The summed E-state index contributed by atoms with van der Waals surface area (Å²) in [6.45, 7) is 2.15. The molecule has 2 aromatic rings. The van der Waals surface area contributed by atoms with Crippen molar-refractivity contribution < 1.29 is 0 Å². The average Bonchev–Trinajstić information content (AvgIpc) is 2.42. The van der Waals surface area contributed by atoms with Crippen LogP contribution in [0.15, 0.2) is 48.5 Å². The van der Waals surface area contributed by atoms with Crippen molar-refractivity contribution in [1.82, 2.24) is 5.43 Å². The minimum Gasteiger partial charge on any atom is -0.271 e. The number of benzene rings is 2. The van der Waals surface area contributed by atoms with Crippen LogP contribution in [-0.4, -0.2) is 0 Å². The Balaban J connectivity index is 2.41. The number of rotatable bonds is 4. The molecule has 0 amide bonds. The Labute approximate surface area is 113 Å². The molecule has 2 nitrogen and oxygen atoms in total. The van der Waals surface area contributed by atoms with Gasteiger partial charge in [-0.25, -0.2) is 5.43 Å². The summed E-state index contributed by atoms with van der Waals surface area (Å²) in [5, 5.41) is 0.735. The smallest absolute Gasteiger partial charge is 0.0712 e.